The SMILES string of the molecule is CN1CC2=C(NC(N)=NC2c2ccccc2C(F)(F)F)/C(=C/c2ccccc2C(F)(F)F)C1.Cl. The maximum atomic E-state index is 13.7. The molecule has 0 saturated carbocycles. The summed E-state index contributed by atoms with van der Waals surface area (Å²) < 4.78 is 81.5. The van der Waals surface area contributed by atoms with E-state index in [2.05, 4.69) is 10.3 Å². The summed E-state index contributed by atoms with van der Waals surface area (Å²) in [7, 11) is 1.74. The van der Waals surface area contributed by atoms with Crippen LogP contribution in [0.4, 0.5) is 26.3 Å². The van der Waals surface area contributed by atoms with Gasteiger partial charge in [-0.3, -0.25) is 4.90 Å². The molecule has 0 saturated heterocycles. The normalized spacial score (nSPS) is 20.4. The molecule has 0 bridgehead atoms. The first-order valence-electron chi connectivity index (χ1n) is 10.0. The third-order valence-electron chi connectivity index (χ3n) is 5.53. The van der Waals surface area contributed by atoms with Gasteiger partial charge in [0.15, 0.2) is 5.96 Å². The van der Waals surface area contributed by atoms with Gasteiger partial charge in [0.05, 0.1) is 11.1 Å². The van der Waals surface area contributed by atoms with Gasteiger partial charge >= 0.3 is 12.4 Å². The van der Waals surface area contributed by atoms with Crippen molar-refractivity contribution in [2.75, 3.05) is 20.1 Å². The molecule has 0 amide bonds. The van der Waals surface area contributed by atoms with Gasteiger partial charge in [-0.1, -0.05) is 36.4 Å². The molecule has 182 valence electrons. The summed E-state index contributed by atoms with van der Waals surface area (Å²) in [6, 6.07) is 9.21. The second kappa shape index (κ2) is 9.34. The molecule has 34 heavy (non-hydrogen) atoms. The zero-order valence-corrected chi connectivity index (χ0v) is 18.7. The Balaban J connectivity index is 0.00000324. The molecule has 4 nitrogen and oxygen atoms in total. The van der Waals surface area contributed by atoms with Gasteiger partial charge in [-0.25, -0.2) is 4.99 Å². The van der Waals surface area contributed by atoms with Crippen molar-refractivity contribution in [1.82, 2.24) is 10.2 Å². The fourth-order valence-corrected chi connectivity index (χ4v) is 4.20. The van der Waals surface area contributed by atoms with Crippen LogP contribution in [0.5, 0.6) is 0 Å². The second-order valence-corrected chi connectivity index (χ2v) is 7.95. The molecule has 1 unspecified atom stereocenters. The fourth-order valence-electron chi connectivity index (χ4n) is 4.20. The van der Waals surface area contributed by atoms with Crippen LogP contribution in [0.15, 0.2) is 70.4 Å². The van der Waals surface area contributed by atoms with Crippen LogP contribution >= 0.6 is 12.4 Å². The van der Waals surface area contributed by atoms with Crippen LogP contribution in [0.1, 0.15) is 28.3 Å². The number of nitrogens with zero attached hydrogens (tertiary/aromatic N) is 2. The lowest BCUT2D eigenvalue weighted by Gasteiger charge is -2.36. The van der Waals surface area contributed by atoms with Crippen LogP contribution in [0.2, 0.25) is 0 Å². The van der Waals surface area contributed by atoms with Gasteiger partial charge in [0.2, 0.25) is 0 Å². The lowest BCUT2D eigenvalue weighted by atomic mass is 9.87. The average Bonchev–Trinajstić information content (AvgIpc) is 2.73. The van der Waals surface area contributed by atoms with E-state index < -0.39 is 29.5 Å². The quantitative estimate of drug-likeness (QED) is 0.542. The van der Waals surface area contributed by atoms with Gasteiger partial charge < -0.3 is 11.1 Å². The van der Waals surface area contributed by atoms with Crippen molar-refractivity contribution >= 4 is 24.4 Å². The van der Waals surface area contributed by atoms with Gasteiger partial charge in [-0.15, -0.1) is 12.4 Å². The maximum absolute atomic E-state index is 13.7. The monoisotopic (exact) mass is 502 g/mol. The lowest BCUT2D eigenvalue weighted by molar-refractivity contribution is -0.138. The molecule has 0 fully saturated rings. The second-order valence-electron chi connectivity index (χ2n) is 7.95. The molecular weight excluding hydrogens is 482 g/mol. The van der Waals surface area contributed by atoms with E-state index in [9.17, 15) is 26.3 Å². The molecule has 2 aromatic carbocycles. The minimum atomic E-state index is -4.60. The molecule has 0 aliphatic carbocycles. The molecule has 0 spiro atoms. The third kappa shape index (κ3) is 5.07. The molecule has 3 N–H and O–H groups in total. The van der Waals surface area contributed by atoms with Gasteiger partial charge in [-0.05, 0) is 47.5 Å². The molecule has 0 radical (unpaired) electrons. The Labute approximate surface area is 198 Å². The highest BCUT2D eigenvalue weighted by Gasteiger charge is 2.39. The Morgan fingerprint density at radius 3 is 2.18 bits per heavy atom. The van der Waals surface area contributed by atoms with Gasteiger partial charge in [0, 0.05) is 18.8 Å². The summed E-state index contributed by atoms with van der Waals surface area (Å²) >= 11 is 0. The number of halogens is 7. The lowest BCUT2D eigenvalue weighted by Crippen LogP contribution is -2.43. The smallest absolute Gasteiger partial charge is 0.370 e. The number of likely N-dealkylation sites (N-methyl/N-ethyl adjacent to an activating group) is 1. The van der Waals surface area contributed by atoms with E-state index in [4.69, 9.17) is 5.73 Å². The van der Waals surface area contributed by atoms with E-state index in [0.29, 0.717) is 16.8 Å². The van der Waals surface area contributed by atoms with Crippen molar-refractivity contribution in [2.45, 2.75) is 18.4 Å². The standard InChI is InChI=1S/C23H20F6N4.ClH/c1-33-11-14(10-13-6-2-4-8-17(13)22(24,25)26)19-16(12-33)20(32-21(30)31-19)15-7-3-5-9-18(15)23(27,28)29;/h2-10,20H,11-12H2,1H3,(H3,30,31,32);1H/b14-10+;. The summed E-state index contributed by atoms with van der Waals surface area (Å²) in [5, 5.41) is 2.88. The summed E-state index contributed by atoms with van der Waals surface area (Å²) in [5.74, 6) is -0.102. The summed E-state index contributed by atoms with van der Waals surface area (Å²) in [4.78, 5) is 6.04. The highest BCUT2D eigenvalue weighted by atomic mass is 35.5. The van der Waals surface area contributed by atoms with Crippen molar-refractivity contribution in [3.8, 4) is 0 Å². The largest absolute Gasteiger partial charge is 0.416 e. The molecule has 1 atom stereocenters. The first-order chi connectivity index (χ1) is 15.4. The molecule has 2 aliphatic heterocycles. The van der Waals surface area contributed by atoms with Crippen LogP contribution in [0.3, 0.4) is 0 Å². The number of hydrogen-bond donors (Lipinski definition) is 2. The van der Waals surface area contributed by atoms with Crippen molar-refractivity contribution < 1.29 is 26.3 Å². The number of alkyl halides is 6. The van der Waals surface area contributed by atoms with Crippen LogP contribution in [-0.2, 0) is 12.4 Å². The Kier molecular flexibility index (Phi) is 7.05. The number of aliphatic imine (C=N–C) groups is 1. The van der Waals surface area contributed by atoms with E-state index in [-0.39, 0.29) is 42.6 Å². The molecule has 11 heteroatoms. The molecule has 2 heterocycles. The zero-order chi connectivity index (χ0) is 24.0. The van der Waals surface area contributed by atoms with Crippen molar-refractivity contribution in [2.24, 2.45) is 10.7 Å². The molecule has 0 aromatic heterocycles. The van der Waals surface area contributed by atoms with Crippen molar-refractivity contribution in [3.63, 3.8) is 0 Å². The Morgan fingerprint density at radius 2 is 1.53 bits per heavy atom. The zero-order valence-electron chi connectivity index (χ0n) is 17.8. The van der Waals surface area contributed by atoms with E-state index in [1.54, 1.807) is 7.05 Å². The number of guanidine groups is 1. The summed E-state index contributed by atoms with van der Waals surface area (Å²) in [5.41, 5.74) is 5.56. The maximum Gasteiger partial charge on any atom is 0.416 e. The summed E-state index contributed by atoms with van der Waals surface area (Å²) in [6.07, 6.45) is -7.76. The predicted molar refractivity (Wildman–Crippen MR) is 120 cm³/mol. The topological polar surface area (TPSA) is 53.6 Å². The fraction of sp³-hybridized carbons (Fsp3) is 0.261. The number of nitrogens with two attached hydrogens (primary N) is 1. The average molecular weight is 503 g/mol. The molecular formula is C23H21ClF6N4. The molecule has 4 rings (SSSR count). The molecule has 2 aromatic rings. The minimum absolute atomic E-state index is 0. The van der Waals surface area contributed by atoms with Gasteiger partial charge in [0.1, 0.15) is 6.04 Å². The van der Waals surface area contributed by atoms with E-state index in [0.717, 1.165) is 12.1 Å². The van der Waals surface area contributed by atoms with E-state index in [1.165, 1.54) is 42.5 Å². The number of nitrogens with one attached hydrogen (secondary N) is 1. The minimum Gasteiger partial charge on any atom is -0.370 e. The number of hydrogen-bond acceptors (Lipinski definition) is 4. The first-order valence-corrected chi connectivity index (χ1v) is 10.0. The van der Waals surface area contributed by atoms with Crippen molar-refractivity contribution in [3.05, 3.63) is 87.6 Å². The Morgan fingerprint density at radius 1 is 0.941 bits per heavy atom. The van der Waals surface area contributed by atoms with Gasteiger partial charge in [0.25, 0.3) is 0 Å². The van der Waals surface area contributed by atoms with E-state index >= 15 is 0 Å². The highest BCUT2D eigenvalue weighted by Crippen LogP contribution is 2.42. The van der Waals surface area contributed by atoms with Crippen LogP contribution in [0, 0.1) is 0 Å². The first kappa shape index (κ1) is 25.6. The number of rotatable bonds is 2. The van der Waals surface area contributed by atoms with E-state index in [1.807, 2.05) is 4.90 Å². The van der Waals surface area contributed by atoms with Crippen LogP contribution < -0.4 is 11.1 Å². The summed E-state index contributed by atoms with van der Waals surface area (Å²) in [6.45, 7) is 0.549. The Hall–Kier alpha value is -2.98. The highest BCUT2D eigenvalue weighted by molar-refractivity contribution is 5.85. The molecule has 2 aliphatic rings. The predicted octanol–water partition coefficient (Wildman–Crippen LogP) is 5.39. The van der Waals surface area contributed by atoms with Crippen LogP contribution in [-0.4, -0.2) is 31.0 Å². The van der Waals surface area contributed by atoms with Crippen molar-refractivity contribution in [1.29, 1.82) is 0 Å². The Bertz CT molecular complexity index is 1170. The van der Waals surface area contributed by atoms with Gasteiger partial charge in [-0.2, -0.15) is 26.3 Å². The van der Waals surface area contributed by atoms with Crippen LogP contribution in [0.25, 0.3) is 6.08 Å². The number of benzene rings is 2. The third-order valence-corrected chi connectivity index (χ3v) is 5.53.